The number of halogens is 1. The highest BCUT2D eigenvalue weighted by atomic mass is 35.5. The lowest BCUT2D eigenvalue weighted by molar-refractivity contribution is 0.257. The highest BCUT2D eigenvalue weighted by Crippen LogP contribution is 2.29. The van der Waals surface area contributed by atoms with Gasteiger partial charge in [0.25, 0.3) is 10.0 Å². The molecular formula is C14H21ClN6O2S. The third kappa shape index (κ3) is 2.65. The fourth-order valence-electron chi connectivity index (χ4n) is 3.45. The lowest BCUT2D eigenvalue weighted by Crippen LogP contribution is -2.49. The number of fused-ring (bicyclic) bond motifs is 1. The molecule has 1 unspecified atom stereocenters. The Labute approximate surface area is 147 Å². The second-order valence-electron chi connectivity index (χ2n) is 6.00. The predicted octanol–water partition coefficient (Wildman–Crippen LogP) is 0.320. The van der Waals surface area contributed by atoms with Crippen molar-refractivity contribution in [2.24, 2.45) is 7.05 Å². The Morgan fingerprint density at radius 1 is 1.29 bits per heavy atom. The molecule has 1 saturated heterocycles. The lowest BCUT2D eigenvalue weighted by Gasteiger charge is -2.34. The number of nitrogens with zero attached hydrogens (tertiary/aromatic N) is 5. The molecule has 1 atom stereocenters. The van der Waals surface area contributed by atoms with Crippen molar-refractivity contribution in [3.63, 3.8) is 0 Å². The molecule has 0 amide bonds. The van der Waals surface area contributed by atoms with Crippen LogP contribution >= 0.6 is 12.4 Å². The molecule has 2 aromatic heterocycles. The Kier molecular flexibility index (Phi) is 4.69. The van der Waals surface area contributed by atoms with Gasteiger partial charge in [-0.2, -0.15) is 4.31 Å². The Morgan fingerprint density at radius 2 is 2.12 bits per heavy atom. The van der Waals surface area contributed by atoms with Crippen LogP contribution in [-0.4, -0.2) is 51.5 Å². The van der Waals surface area contributed by atoms with Crippen LogP contribution in [0.4, 0.5) is 0 Å². The minimum atomic E-state index is -3.60. The fourth-order valence-corrected chi connectivity index (χ4v) is 5.18. The average Bonchev–Trinajstić information content (AvgIpc) is 3.22. The van der Waals surface area contributed by atoms with E-state index in [1.807, 2.05) is 22.4 Å². The van der Waals surface area contributed by atoms with Crippen LogP contribution in [0.5, 0.6) is 0 Å². The van der Waals surface area contributed by atoms with Crippen molar-refractivity contribution in [3.8, 4) is 0 Å². The standard InChI is InChI=1S/C14H20N6O2S.ClH/c1-18-7-5-16-14(18)11-9-15-4-8-20(11)23(21,22)13-10-17-12-3-2-6-19(12)13;/h5,7,10-11,15H,2-4,6,8-9H2,1H3;1H. The van der Waals surface area contributed by atoms with Crippen LogP contribution < -0.4 is 5.32 Å². The second kappa shape index (κ2) is 6.47. The summed E-state index contributed by atoms with van der Waals surface area (Å²) in [6.45, 7) is 2.36. The molecule has 8 nitrogen and oxygen atoms in total. The summed E-state index contributed by atoms with van der Waals surface area (Å²) >= 11 is 0. The van der Waals surface area contributed by atoms with E-state index in [1.54, 1.807) is 10.5 Å². The molecule has 0 radical (unpaired) electrons. The summed E-state index contributed by atoms with van der Waals surface area (Å²) in [5, 5.41) is 3.58. The lowest BCUT2D eigenvalue weighted by atomic mass is 10.2. The van der Waals surface area contributed by atoms with Gasteiger partial charge in [-0.25, -0.2) is 18.4 Å². The quantitative estimate of drug-likeness (QED) is 0.838. The normalized spacial score (nSPS) is 21.5. The van der Waals surface area contributed by atoms with Crippen molar-refractivity contribution in [1.82, 2.24) is 28.7 Å². The fraction of sp³-hybridized carbons (Fsp3) is 0.571. The Morgan fingerprint density at radius 3 is 2.88 bits per heavy atom. The number of sulfonamides is 1. The Hall–Kier alpha value is -1.42. The van der Waals surface area contributed by atoms with Gasteiger partial charge in [0.1, 0.15) is 11.6 Å². The molecule has 4 rings (SSSR count). The van der Waals surface area contributed by atoms with Crippen LogP contribution in [0.3, 0.4) is 0 Å². The van der Waals surface area contributed by atoms with Crippen molar-refractivity contribution in [2.75, 3.05) is 19.6 Å². The van der Waals surface area contributed by atoms with Crippen molar-refractivity contribution >= 4 is 22.4 Å². The zero-order valence-corrected chi connectivity index (χ0v) is 15.1. The zero-order chi connectivity index (χ0) is 16.0. The molecule has 0 aromatic carbocycles. The van der Waals surface area contributed by atoms with Crippen molar-refractivity contribution in [2.45, 2.75) is 30.5 Å². The van der Waals surface area contributed by atoms with Gasteiger partial charge in [-0.1, -0.05) is 0 Å². The predicted molar refractivity (Wildman–Crippen MR) is 90.5 cm³/mol. The molecular weight excluding hydrogens is 352 g/mol. The zero-order valence-electron chi connectivity index (χ0n) is 13.4. The highest BCUT2D eigenvalue weighted by Gasteiger charge is 2.38. The maximum absolute atomic E-state index is 13.2. The van der Waals surface area contributed by atoms with E-state index in [0.29, 0.717) is 24.7 Å². The topological polar surface area (TPSA) is 85.1 Å². The van der Waals surface area contributed by atoms with E-state index >= 15 is 0 Å². The van der Waals surface area contributed by atoms with Gasteiger partial charge in [0.05, 0.1) is 12.2 Å². The van der Waals surface area contributed by atoms with Gasteiger partial charge >= 0.3 is 0 Å². The summed E-state index contributed by atoms with van der Waals surface area (Å²) < 4.78 is 31.7. The molecule has 0 aliphatic carbocycles. The monoisotopic (exact) mass is 372 g/mol. The highest BCUT2D eigenvalue weighted by molar-refractivity contribution is 7.89. The van der Waals surface area contributed by atoms with E-state index < -0.39 is 10.0 Å². The first kappa shape index (κ1) is 17.4. The summed E-state index contributed by atoms with van der Waals surface area (Å²) in [4.78, 5) is 8.64. The third-order valence-electron chi connectivity index (χ3n) is 4.61. The van der Waals surface area contributed by atoms with Crippen LogP contribution in [0.25, 0.3) is 0 Å². The molecule has 2 aliphatic rings. The molecule has 0 saturated carbocycles. The number of hydrogen-bond donors (Lipinski definition) is 1. The SMILES string of the molecule is Cl.Cn1ccnc1C1CNCCN1S(=O)(=O)c1cnc2n1CCC2. The average molecular weight is 373 g/mol. The van der Waals surface area contributed by atoms with Gasteiger partial charge in [-0.05, 0) is 6.42 Å². The maximum Gasteiger partial charge on any atom is 0.261 e. The van der Waals surface area contributed by atoms with Gasteiger partial charge in [0, 0.05) is 52.0 Å². The van der Waals surface area contributed by atoms with Gasteiger partial charge in [-0.15, -0.1) is 12.4 Å². The van der Waals surface area contributed by atoms with Crippen molar-refractivity contribution in [3.05, 3.63) is 30.2 Å². The number of nitrogens with one attached hydrogen (secondary N) is 1. The van der Waals surface area contributed by atoms with E-state index in [9.17, 15) is 8.42 Å². The largest absolute Gasteiger partial charge is 0.337 e. The Balaban J connectivity index is 0.00000169. The molecule has 0 bridgehead atoms. The Bertz CT molecular complexity index is 830. The summed E-state index contributed by atoms with van der Waals surface area (Å²) in [7, 11) is -1.71. The minimum absolute atomic E-state index is 0. The van der Waals surface area contributed by atoms with Gasteiger partial charge in [0.2, 0.25) is 0 Å². The molecule has 2 aromatic rings. The molecule has 24 heavy (non-hydrogen) atoms. The number of aryl methyl sites for hydroxylation is 2. The third-order valence-corrected chi connectivity index (χ3v) is 6.52. The molecule has 132 valence electrons. The minimum Gasteiger partial charge on any atom is -0.337 e. The first-order valence-electron chi connectivity index (χ1n) is 7.83. The molecule has 2 aliphatic heterocycles. The summed E-state index contributed by atoms with van der Waals surface area (Å²) in [5.41, 5.74) is 0. The number of piperazine rings is 1. The molecule has 0 spiro atoms. The van der Waals surface area contributed by atoms with E-state index in [4.69, 9.17) is 0 Å². The number of rotatable bonds is 3. The van der Waals surface area contributed by atoms with Crippen LogP contribution in [0.1, 0.15) is 24.1 Å². The maximum atomic E-state index is 13.2. The summed E-state index contributed by atoms with van der Waals surface area (Å²) in [6, 6.07) is -0.304. The molecule has 1 N–H and O–H groups in total. The first-order valence-corrected chi connectivity index (χ1v) is 9.27. The number of hydrogen-bond acceptors (Lipinski definition) is 5. The molecule has 4 heterocycles. The first-order chi connectivity index (χ1) is 11.1. The van der Waals surface area contributed by atoms with Crippen molar-refractivity contribution in [1.29, 1.82) is 0 Å². The van der Waals surface area contributed by atoms with Crippen LogP contribution in [0.15, 0.2) is 23.6 Å². The summed E-state index contributed by atoms with van der Waals surface area (Å²) in [5.74, 6) is 1.62. The van der Waals surface area contributed by atoms with E-state index in [-0.39, 0.29) is 18.4 Å². The molecule has 10 heteroatoms. The molecule has 1 fully saturated rings. The van der Waals surface area contributed by atoms with Gasteiger partial charge in [-0.3, -0.25) is 0 Å². The van der Waals surface area contributed by atoms with Crippen molar-refractivity contribution < 1.29 is 8.42 Å². The van der Waals surface area contributed by atoms with E-state index in [1.165, 1.54) is 6.20 Å². The summed E-state index contributed by atoms with van der Waals surface area (Å²) in [6.07, 6.45) is 6.84. The number of aromatic nitrogens is 4. The second-order valence-corrected chi connectivity index (χ2v) is 7.84. The van der Waals surface area contributed by atoms with Crippen LogP contribution in [-0.2, 0) is 30.0 Å². The van der Waals surface area contributed by atoms with Gasteiger partial charge < -0.3 is 14.5 Å². The van der Waals surface area contributed by atoms with E-state index in [0.717, 1.165) is 31.0 Å². The van der Waals surface area contributed by atoms with Gasteiger partial charge in [0.15, 0.2) is 5.03 Å². The smallest absolute Gasteiger partial charge is 0.261 e. The van der Waals surface area contributed by atoms with E-state index in [2.05, 4.69) is 15.3 Å². The van der Waals surface area contributed by atoms with Crippen LogP contribution in [0, 0.1) is 0 Å². The number of imidazole rings is 2. The van der Waals surface area contributed by atoms with Crippen LogP contribution in [0.2, 0.25) is 0 Å².